The maximum atomic E-state index is 13.5. The van der Waals surface area contributed by atoms with Crippen molar-refractivity contribution in [2.75, 3.05) is 20.0 Å². The lowest BCUT2D eigenvalue weighted by Gasteiger charge is -2.19. The summed E-state index contributed by atoms with van der Waals surface area (Å²) < 4.78 is 52.5. The second-order valence-corrected chi connectivity index (χ2v) is 10.7. The van der Waals surface area contributed by atoms with E-state index in [1.54, 1.807) is 22.8 Å². The largest absolute Gasteiger partial charge is 0.494 e. The topological polar surface area (TPSA) is 105 Å². The van der Waals surface area contributed by atoms with E-state index in [0.717, 1.165) is 6.07 Å². The van der Waals surface area contributed by atoms with Crippen molar-refractivity contribution < 1.29 is 27.1 Å². The number of hydrogen-bond donors (Lipinski definition) is 0. The van der Waals surface area contributed by atoms with Crippen LogP contribution < -0.4 is 9.47 Å². The molecule has 1 aliphatic rings. The molecule has 0 radical (unpaired) electrons. The zero-order chi connectivity index (χ0) is 25.9. The third-order valence-corrected chi connectivity index (χ3v) is 7.71. The minimum Gasteiger partial charge on any atom is -0.494 e. The molecular formula is C25H25FN4O5S. The van der Waals surface area contributed by atoms with Crippen LogP contribution >= 0.6 is 0 Å². The third-order valence-electron chi connectivity index (χ3n) is 6.19. The molecule has 1 aromatic heterocycles. The predicted molar refractivity (Wildman–Crippen MR) is 130 cm³/mol. The van der Waals surface area contributed by atoms with Crippen molar-refractivity contribution in [3.63, 3.8) is 0 Å². The number of carbonyl (C=O) groups excluding carboxylic acids is 1. The SMILES string of the molecule is [C-]#[N+]c1cc(F)ccc1CCS(=O)(=O)Cc1nnc([C@H]2CCC(=O)C2)n1-c1c(OC)cccc1OC. The Morgan fingerprint density at radius 1 is 1.17 bits per heavy atom. The van der Waals surface area contributed by atoms with Crippen LogP contribution in [0.15, 0.2) is 36.4 Å². The first-order chi connectivity index (χ1) is 17.3. The third kappa shape index (κ3) is 5.23. The Hall–Kier alpha value is -3.78. The number of sulfone groups is 1. The second kappa shape index (κ2) is 10.5. The molecule has 0 amide bonds. The fraction of sp³-hybridized carbons (Fsp3) is 0.360. The molecule has 0 N–H and O–H groups in total. The first kappa shape index (κ1) is 25.3. The van der Waals surface area contributed by atoms with Crippen molar-refractivity contribution in [2.45, 2.75) is 37.4 Å². The minimum atomic E-state index is -3.73. The van der Waals surface area contributed by atoms with Crippen LogP contribution in [0.5, 0.6) is 11.5 Å². The molecule has 1 fully saturated rings. The number of benzene rings is 2. The van der Waals surface area contributed by atoms with E-state index in [1.807, 2.05) is 0 Å². The van der Waals surface area contributed by atoms with Gasteiger partial charge in [-0.1, -0.05) is 12.1 Å². The van der Waals surface area contributed by atoms with Crippen LogP contribution in [0.2, 0.25) is 0 Å². The molecule has 0 bridgehead atoms. The average molecular weight is 513 g/mol. The molecular weight excluding hydrogens is 487 g/mol. The Morgan fingerprint density at radius 3 is 2.50 bits per heavy atom. The number of ether oxygens (including phenoxy) is 2. The summed E-state index contributed by atoms with van der Waals surface area (Å²) in [5.74, 6) is 0.161. The zero-order valence-corrected chi connectivity index (χ0v) is 20.7. The quantitative estimate of drug-likeness (QED) is 0.400. The summed E-state index contributed by atoms with van der Waals surface area (Å²) in [6.45, 7) is 7.23. The van der Waals surface area contributed by atoms with Gasteiger partial charge >= 0.3 is 0 Å². The average Bonchev–Trinajstić information content (AvgIpc) is 3.47. The number of aryl methyl sites for hydroxylation is 1. The summed E-state index contributed by atoms with van der Waals surface area (Å²) >= 11 is 0. The van der Waals surface area contributed by atoms with Gasteiger partial charge in [-0.25, -0.2) is 17.7 Å². The lowest BCUT2D eigenvalue weighted by Crippen LogP contribution is -2.17. The smallest absolute Gasteiger partial charge is 0.193 e. The first-order valence-corrected chi connectivity index (χ1v) is 13.1. The predicted octanol–water partition coefficient (Wildman–Crippen LogP) is 3.97. The molecule has 3 aromatic rings. The van der Waals surface area contributed by atoms with Gasteiger partial charge in [0.1, 0.15) is 40.4 Å². The van der Waals surface area contributed by atoms with Gasteiger partial charge in [0, 0.05) is 18.8 Å². The van der Waals surface area contributed by atoms with Gasteiger partial charge in [0.2, 0.25) is 0 Å². The van der Waals surface area contributed by atoms with E-state index in [4.69, 9.17) is 16.0 Å². The fourth-order valence-corrected chi connectivity index (χ4v) is 5.66. The summed E-state index contributed by atoms with van der Waals surface area (Å²) in [7, 11) is -0.736. The van der Waals surface area contributed by atoms with Crippen molar-refractivity contribution in [3.8, 4) is 17.2 Å². The Bertz CT molecular complexity index is 1420. The molecule has 1 aliphatic carbocycles. The lowest BCUT2D eigenvalue weighted by molar-refractivity contribution is -0.117. The Balaban J connectivity index is 1.72. The standard InChI is InChI=1S/C25H25FN4O5S/c1-27-20-14-18(26)9-7-16(20)11-12-36(32,33)15-23-28-29-25(17-8-10-19(31)13-17)30(23)24-21(34-2)5-4-6-22(24)35-3/h4-7,9,14,17H,8,10-13,15H2,2-3H3/t17-/m0/s1. The minimum absolute atomic E-state index is 0.0520. The molecule has 0 unspecified atom stereocenters. The number of methoxy groups -OCH3 is 2. The number of hydrogen-bond acceptors (Lipinski definition) is 7. The fourth-order valence-electron chi connectivity index (χ4n) is 4.41. The van der Waals surface area contributed by atoms with E-state index in [0.29, 0.717) is 47.8 Å². The van der Waals surface area contributed by atoms with Crippen LogP contribution in [0.4, 0.5) is 10.1 Å². The summed E-state index contributed by atoms with van der Waals surface area (Å²) in [5.41, 5.74) is 0.995. The molecule has 1 heterocycles. The van der Waals surface area contributed by atoms with Crippen molar-refractivity contribution in [1.82, 2.24) is 14.8 Å². The van der Waals surface area contributed by atoms with Crippen LogP contribution in [0, 0.1) is 12.4 Å². The van der Waals surface area contributed by atoms with Crippen LogP contribution in [0.1, 0.15) is 42.4 Å². The highest BCUT2D eigenvalue weighted by atomic mass is 32.2. The van der Waals surface area contributed by atoms with Gasteiger partial charge in [-0.05, 0) is 42.7 Å². The summed E-state index contributed by atoms with van der Waals surface area (Å²) in [5, 5.41) is 8.51. The van der Waals surface area contributed by atoms with E-state index in [2.05, 4.69) is 15.0 Å². The van der Waals surface area contributed by atoms with Gasteiger partial charge in [0.15, 0.2) is 21.3 Å². The van der Waals surface area contributed by atoms with Crippen LogP contribution in [0.3, 0.4) is 0 Å². The van der Waals surface area contributed by atoms with Crippen LogP contribution in [0.25, 0.3) is 10.5 Å². The van der Waals surface area contributed by atoms with E-state index in [1.165, 1.54) is 26.4 Å². The van der Waals surface area contributed by atoms with Gasteiger partial charge in [0.05, 0.1) is 26.5 Å². The molecule has 0 saturated heterocycles. The first-order valence-electron chi connectivity index (χ1n) is 11.3. The maximum Gasteiger partial charge on any atom is 0.193 e. The molecule has 0 aliphatic heterocycles. The van der Waals surface area contributed by atoms with E-state index in [-0.39, 0.29) is 35.4 Å². The zero-order valence-electron chi connectivity index (χ0n) is 19.9. The molecule has 1 saturated carbocycles. The molecule has 11 heteroatoms. The number of nitrogens with zero attached hydrogens (tertiary/aromatic N) is 4. The van der Waals surface area contributed by atoms with Crippen molar-refractivity contribution in [3.05, 3.63) is 70.8 Å². The van der Waals surface area contributed by atoms with Gasteiger partial charge in [-0.15, -0.1) is 10.2 Å². The summed E-state index contributed by atoms with van der Waals surface area (Å²) in [6, 6.07) is 8.92. The highest BCUT2D eigenvalue weighted by Gasteiger charge is 2.32. The summed E-state index contributed by atoms with van der Waals surface area (Å²) in [6.07, 6.45) is 1.36. The molecule has 0 spiro atoms. The van der Waals surface area contributed by atoms with Crippen molar-refractivity contribution in [2.24, 2.45) is 0 Å². The Morgan fingerprint density at radius 2 is 1.89 bits per heavy atom. The van der Waals surface area contributed by atoms with Gasteiger partial charge in [-0.2, -0.15) is 0 Å². The highest BCUT2D eigenvalue weighted by molar-refractivity contribution is 7.90. The maximum absolute atomic E-state index is 13.5. The number of rotatable bonds is 9. The number of para-hydroxylation sites is 1. The molecule has 188 valence electrons. The molecule has 1 atom stereocenters. The van der Waals surface area contributed by atoms with E-state index >= 15 is 0 Å². The number of halogens is 1. The van der Waals surface area contributed by atoms with E-state index < -0.39 is 21.4 Å². The van der Waals surface area contributed by atoms with E-state index in [9.17, 15) is 17.6 Å². The number of ketones is 1. The monoisotopic (exact) mass is 512 g/mol. The molecule has 36 heavy (non-hydrogen) atoms. The molecule has 4 rings (SSSR count). The Kier molecular flexibility index (Phi) is 7.35. The number of Topliss-reactive ketones (excluding diaryl/α,β-unsaturated/α-hetero) is 1. The van der Waals surface area contributed by atoms with Crippen LogP contribution in [-0.4, -0.2) is 48.9 Å². The van der Waals surface area contributed by atoms with Gasteiger partial charge in [0.25, 0.3) is 0 Å². The lowest BCUT2D eigenvalue weighted by atomic mass is 10.1. The van der Waals surface area contributed by atoms with Crippen LogP contribution in [-0.2, 0) is 26.8 Å². The van der Waals surface area contributed by atoms with Crippen molar-refractivity contribution in [1.29, 1.82) is 0 Å². The Labute approximate surface area is 208 Å². The van der Waals surface area contributed by atoms with Gasteiger partial charge < -0.3 is 9.47 Å². The second-order valence-electron chi connectivity index (χ2n) is 8.53. The number of carbonyl (C=O) groups is 1. The van der Waals surface area contributed by atoms with Crippen molar-refractivity contribution >= 4 is 21.3 Å². The highest BCUT2D eigenvalue weighted by Crippen LogP contribution is 2.39. The summed E-state index contributed by atoms with van der Waals surface area (Å²) in [4.78, 5) is 15.3. The molecule has 2 aromatic carbocycles. The normalized spacial score (nSPS) is 15.6. The van der Waals surface area contributed by atoms with Gasteiger partial charge in [-0.3, -0.25) is 9.36 Å². The number of aromatic nitrogens is 3. The molecule has 9 nitrogen and oxygen atoms in total.